The molecule has 0 saturated carbocycles. The van der Waals surface area contributed by atoms with Crippen LogP contribution in [0.25, 0.3) is 0 Å². The van der Waals surface area contributed by atoms with Gasteiger partial charge in [0.25, 0.3) is 15.9 Å². The average molecular weight is 475 g/mol. The molecule has 33 heavy (non-hydrogen) atoms. The first-order valence-corrected chi connectivity index (χ1v) is 12.4. The summed E-state index contributed by atoms with van der Waals surface area (Å²) in [7, 11) is -2.18. The molecule has 1 fully saturated rings. The highest BCUT2D eigenvalue weighted by molar-refractivity contribution is 7.92. The highest BCUT2D eigenvalue weighted by Gasteiger charge is 2.28. The van der Waals surface area contributed by atoms with Crippen molar-refractivity contribution in [3.05, 3.63) is 54.1 Å². The molecule has 2 aromatic carbocycles. The Labute approximate surface area is 195 Å². The highest BCUT2D eigenvalue weighted by atomic mass is 32.2. The van der Waals surface area contributed by atoms with Gasteiger partial charge in [0.15, 0.2) is 6.61 Å². The lowest BCUT2D eigenvalue weighted by molar-refractivity contribution is -0.151. The van der Waals surface area contributed by atoms with Gasteiger partial charge >= 0.3 is 5.97 Å². The van der Waals surface area contributed by atoms with Gasteiger partial charge in [-0.05, 0) is 63.1 Å². The van der Waals surface area contributed by atoms with Crippen molar-refractivity contribution in [2.24, 2.45) is 5.92 Å². The number of carbonyl (C=O) groups is 2. The summed E-state index contributed by atoms with van der Waals surface area (Å²) >= 11 is 0. The predicted molar refractivity (Wildman–Crippen MR) is 125 cm³/mol. The van der Waals surface area contributed by atoms with E-state index in [-0.39, 0.29) is 29.3 Å². The number of aryl methyl sites for hydroxylation is 1. The van der Waals surface area contributed by atoms with E-state index in [2.05, 4.69) is 0 Å². The fourth-order valence-corrected chi connectivity index (χ4v) is 4.82. The third-order valence-electron chi connectivity index (χ3n) is 5.71. The molecule has 1 aliphatic heterocycles. The Morgan fingerprint density at radius 3 is 2.21 bits per heavy atom. The molecule has 1 amide bonds. The molecule has 0 spiro atoms. The minimum atomic E-state index is -3.68. The summed E-state index contributed by atoms with van der Waals surface area (Å²) in [4.78, 5) is 26.2. The Bertz CT molecular complexity index is 1060. The maximum atomic E-state index is 12.8. The average Bonchev–Trinajstić information content (AvgIpc) is 2.83. The number of esters is 1. The van der Waals surface area contributed by atoms with Gasteiger partial charge in [-0.25, -0.2) is 8.42 Å². The van der Waals surface area contributed by atoms with Crippen LogP contribution in [-0.2, 0) is 24.3 Å². The monoisotopic (exact) mass is 474 g/mol. The second-order valence-electron chi connectivity index (χ2n) is 7.98. The van der Waals surface area contributed by atoms with Crippen LogP contribution in [0.15, 0.2) is 53.4 Å². The highest BCUT2D eigenvalue weighted by Crippen LogP contribution is 2.25. The summed E-state index contributed by atoms with van der Waals surface area (Å²) in [6, 6.07) is 13.2. The van der Waals surface area contributed by atoms with Gasteiger partial charge in [0.1, 0.15) is 5.75 Å². The van der Waals surface area contributed by atoms with Gasteiger partial charge in [0.2, 0.25) is 0 Å². The van der Waals surface area contributed by atoms with Crippen molar-refractivity contribution in [2.45, 2.75) is 31.6 Å². The molecule has 0 unspecified atom stereocenters. The summed E-state index contributed by atoms with van der Waals surface area (Å²) in [6.07, 6.45) is 1.17. The van der Waals surface area contributed by atoms with Crippen molar-refractivity contribution < 1.29 is 27.5 Å². The van der Waals surface area contributed by atoms with Gasteiger partial charge < -0.3 is 14.4 Å². The number of likely N-dealkylation sites (tertiary alicyclic amines) is 1. The molecular weight excluding hydrogens is 444 g/mol. The van der Waals surface area contributed by atoms with Crippen LogP contribution in [0.2, 0.25) is 0 Å². The smallest absolute Gasteiger partial charge is 0.309 e. The first-order chi connectivity index (χ1) is 15.7. The maximum absolute atomic E-state index is 12.8. The maximum Gasteiger partial charge on any atom is 0.309 e. The van der Waals surface area contributed by atoms with Crippen molar-refractivity contribution >= 4 is 27.6 Å². The Kier molecular flexibility index (Phi) is 7.97. The molecular formula is C24H30N2O6S. The van der Waals surface area contributed by atoms with Crippen LogP contribution in [0.5, 0.6) is 5.75 Å². The summed E-state index contributed by atoms with van der Waals surface area (Å²) in [5, 5.41) is 0. The molecule has 0 bridgehead atoms. The minimum absolute atomic E-state index is 0.124. The molecule has 1 heterocycles. The normalized spacial score (nSPS) is 14.6. The van der Waals surface area contributed by atoms with Gasteiger partial charge in [0, 0.05) is 20.1 Å². The number of piperidine rings is 1. The fourth-order valence-electron chi connectivity index (χ4n) is 3.62. The lowest BCUT2D eigenvalue weighted by Crippen LogP contribution is -2.42. The Morgan fingerprint density at radius 1 is 1.03 bits per heavy atom. The summed E-state index contributed by atoms with van der Waals surface area (Å²) in [6.45, 7) is 4.90. The first kappa shape index (κ1) is 24.6. The second-order valence-corrected chi connectivity index (χ2v) is 9.94. The molecule has 0 aromatic heterocycles. The Morgan fingerprint density at radius 2 is 1.64 bits per heavy atom. The van der Waals surface area contributed by atoms with E-state index in [9.17, 15) is 18.0 Å². The van der Waals surface area contributed by atoms with Gasteiger partial charge in [-0.1, -0.05) is 17.7 Å². The van der Waals surface area contributed by atoms with Gasteiger partial charge in [-0.15, -0.1) is 0 Å². The lowest BCUT2D eigenvalue weighted by atomic mass is 9.97. The molecule has 8 nitrogen and oxygen atoms in total. The van der Waals surface area contributed by atoms with E-state index in [1.54, 1.807) is 60.4 Å². The molecule has 3 rings (SSSR count). The van der Waals surface area contributed by atoms with Crippen LogP contribution in [0, 0.1) is 12.8 Å². The zero-order valence-corrected chi connectivity index (χ0v) is 20.0. The number of amides is 1. The predicted octanol–water partition coefficient (Wildman–Crippen LogP) is 3.00. The van der Waals surface area contributed by atoms with Crippen LogP contribution in [-0.4, -0.2) is 58.5 Å². The standard InChI is InChI=1S/C24H30N2O6S/c1-4-31-24(28)19-13-15-26(16-14-19)23(27)17-32-21-9-7-20(8-10-21)25(3)33(29,30)22-11-5-18(2)6-12-22/h5-12,19H,4,13-17H2,1-3H3. The molecule has 0 N–H and O–H groups in total. The summed E-state index contributed by atoms with van der Waals surface area (Å²) in [5.74, 6) is -0.0407. The van der Waals surface area contributed by atoms with E-state index in [0.717, 1.165) is 5.56 Å². The Hall–Kier alpha value is -3.07. The van der Waals surface area contributed by atoms with Gasteiger partial charge in [0.05, 0.1) is 23.1 Å². The van der Waals surface area contributed by atoms with Crippen LogP contribution in [0.4, 0.5) is 5.69 Å². The number of carbonyl (C=O) groups excluding carboxylic acids is 2. The molecule has 0 radical (unpaired) electrons. The first-order valence-electron chi connectivity index (χ1n) is 10.9. The molecule has 2 aromatic rings. The third-order valence-corrected chi connectivity index (χ3v) is 7.51. The number of rotatable bonds is 8. The van der Waals surface area contributed by atoms with E-state index in [1.165, 1.54) is 11.4 Å². The number of hydrogen-bond acceptors (Lipinski definition) is 6. The van der Waals surface area contributed by atoms with Crippen molar-refractivity contribution in [1.29, 1.82) is 0 Å². The zero-order valence-electron chi connectivity index (χ0n) is 19.2. The van der Waals surface area contributed by atoms with E-state index in [0.29, 0.717) is 44.0 Å². The Balaban J connectivity index is 1.53. The fraction of sp³-hybridized carbons (Fsp3) is 0.417. The van der Waals surface area contributed by atoms with Crippen molar-refractivity contribution in [1.82, 2.24) is 4.90 Å². The minimum Gasteiger partial charge on any atom is -0.484 e. The second kappa shape index (κ2) is 10.7. The molecule has 9 heteroatoms. The SMILES string of the molecule is CCOC(=O)C1CCN(C(=O)COc2ccc(N(C)S(=O)(=O)c3ccc(C)cc3)cc2)CC1. The largest absolute Gasteiger partial charge is 0.484 e. The zero-order chi connectivity index (χ0) is 24.0. The number of ether oxygens (including phenoxy) is 2. The van der Waals surface area contributed by atoms with E-state index >= 15 is 0 Å². The number of sulfonamides is 1. The number of nitrogens with zero attached hydrogens (tertiary/aromatic N) is 2. The van der Waals surface area contributed by atoms with Crippen molar-refractivity contribution in [3.8, 4) is 5.75 Å². The molecule has 0 aliphatic carbocycles. The quantitative estimate of drug-likeness (QED) is 0.546. The molecule has 1 saturated heterocycles. The van der Waals surface area contributed by atoms with Gasteiger partial charge in [-0.2, -0.15) is 0 Å². The third kappa shape index (κ3) is 6.04. The van der Waals surface area contributed by atoms with Gasteiger partial charge in [-0.3, -0.25) is 13.9 Å². The topological polar surface area (TPSA) is 93.2 Å². The van der Waals surface area contributed by atoms with E-state index in [4.69, 9.17) is 9.47 Å². The van der Waals surface area contributed by atoms with Crippen LogP contribution in [0.1, 0.15) is 25.3 Å². The number of anilines is 1. The molecule has 178 valence electrons. The number of benzene rings is 2. The molecule has 0 atom stereocenters. The van der Waals surface area contributed by atoms with Crippen LogP contribution < -0.4 is 9.04 Å². The van der Waals surface area contributed by atoms with Crippen LogP contribution >= 0.6 is 0 Å². The molecule has 1 aliphatic rings. The lowest BCUT2D eigenvalue weighted by Gasteiger charge is -2.30. The van der Waals surface area contributed by atoms with Crippen molar-refractivity contribution in [2.75, 3.05) is 37.7 Å². The van der Waals surface area contributed by atoms with E-state index < -0.39 is 10.0 Å². The number of hydrogen-bond donors (Lipinski definition) is 0. The van der Waals surface area contributed by atoms with Crippen LogP contribution in [0.3, 0.4) is 0 Å². The summed E-state index contributed by atoms with van der Waals surface area (Å²) in [5.41, 5.74) is 1.46. The summed E-state index contributed by atoms with van der Waals surface area (Å²) < 4.78 is 37.5. The van der Waals surface area contributed by atoms with E-state index in [1.807, 2.05) is 6.92 Å². The van der Waals surface area contributed by atoms with Crippen molar-refractivity contribution in [3.63, 3.8) is 0 Å².